The molecule has 0 rings (SSSR count). The predicted octanol–water partition coefficient (Wildman–Crippen LogP) is 14.0. The first-order valence-electron chi connectivity index (χ1n) is 17.6. The molecule has 1 unspecified atom stereocenters. The summed E-state index contributed by atoms with van der Waals surface area (Å²) in [5, 5.41) is 0. The molecule has 0 saturated heterocycles. The molecule has 0 aromatic rings. The zero-order valence-corrected chi connectivity index (χ0v) is 25.9. The monoisotopic (exact) mass is 506 g/mol. The van der Waals surface area contributed by atoms with Crippen LogP contribution in [-0.2, 0) is 0 Å². The lowest BCUT2D eigenvalue weighted by molar-refractivity contribution is 0.366. The molecule has 0 aromatic carbocycles. The number of unbranched alkanes of at least 4 members (excludes halogenated alkanes) is 26. The van der Waals surface area contributed by atoms with Crippen LogP contribution in [0.5, 0.6) is 0 Å². The first kappa shape index (κ1) is 36.0. The van der Waals surface area contributed by atoms with Gasteiger partial charge in [-0.2, -0.15) is 0 Å². The van der Waals surface area contributed by atoms with E-state index >= 15 is 0 Å². The maximum Gasteiger partial charge on any atom is -0.0414 e. The lowest BCUT2D eigenvalue weighted by atomic mass is 9.89. The molecular weight excluding hydrogens is 432 g/mol. The lowest BCUT2D eigenvalue weighted by Gasteiger charge is -2.17. The van der Waals surface area contributed by atoms with Gasteiger partial charge in [0.05, 0.1) is 0 Å². The van der Waals surface area contributed by atoms with E-state index in [1.807, 2.05) is 0 Å². The molecule has 0 aliphatic heterocycles. The van der Waals surface area contributed by atoms with Crippen molar-refractivity contribution in [1.29, 1.82) is 0 Å². The van der Waals surface area contributed by atoms with Crippen molar-refractivity contribution in [3.8, 4) is 0 Å². The average Bonchev–Trinajstić information content (AvgIpc) is 2.89. The van der Waals surface area contributed by atoms with Crippen LogP contribution in [-0.4, -0.2) is 0 Å². The summed E-state index contributed by atoms with van der Waals surface area (Å²) in [4.78, 5) is 0. The van der Waals surface area contributed by atoms with Crippen LogP contribution < -0.4 is 0 Å². The molecule has 0 saturated carbocycles. The SMILES string of the molecule is [CH2]CCCCCC(CCCCCCCCCCCCC)CCCCCCCCCCCCCCCC. The van der Waals surface area contributed by atoms with E-state index < -0.39 is 0 Å². The van der Waals surface area contributed by atoms with Crippen molar-refractivity contribution >= 4 is 0 Å². The van der Waals surface area contributed by atoms with Gasteiger partial charge in [-0.05, 0) is 5.92 Å². The maximum atomic E-state index is 4.03. The Labute approximate surface area is 232 Å². The van der Waals surface area contributed by atoms with Gasteiger partial charge in [0.2, 0.25) is 0 Å². The minimum Gasteiger partial charge on any atom is -0.0654 e. The fourth-order valence-electron chi connectivity index (χ4n) is 5.94. The Morgan fingerprint density at radius 3 is 0.778 bits per heavy atom. The van der Waals surface area contributed by atoms with Crippen LogP contribution in [0.4, 0.5) is 0 Å². The van der Waals surface area contributed by atoms with Gasteiger partial charge in [-0.15, -0.1) is 0 Å². The van der Waals surface area contributed by atoms with Gasteiger partial charge in [0.1, 0.15) is 0 Å². The van der Waals surface area contributed by atoms with Crippen molar-refractivity contribution in [2.45, 2.75) is 219 Å². The molecule has 0 heteroatoms. The average molecular weight is 506 g/mol. The summed E-state index contributed by atoms with van der Waals surface area (Å²) >= 11 is 0. The quantitative estimate of drug-likeness (QED) is 0.0797. The van der Waals surface area contributed by atoms with Crippen molar-refractivity contribution in [3.63, 3.8) is 0 Å². The predicted molar refractivity (Wildman–Crippen MR) is 168 cm³/mol. The Kier molecular flexibility index (Phi) is 33.0. The normalized spacial score (nSPS) is 12.4. The van der Waals surface area contributed by atoms with E-state index in [1.54, 1.807) is 0 Å². The summed E-state index contributed by atoms with van der Waals surface area (Å²) in [5.74, 6) is 1.02. The van der Waals surface area contributed by atoms with Crippen molar-refractivity contribution in [3.05, 3.63) is 6.92 Å². The van der Waals surface area contributed by atoms with Gasteiger partial charge in [-0.3, -0.25) is 0 Å². The first-order chi connectivity index (χ1) is 17.8. The van der Waals surface area contributed by atoms with Crippen LogP contribution in [0.1, 0.15) is 219 Å². The number of hydrogen-bond donors (Lipinski definition) is 0. The van der Waals surface area contributed by atoms with E-state index in [9.17, 15) is 0 Å². The Bertz CT molecular complexity index is 359. The third-order valence-electron chi connectivity index (χ3n) is 8.54. The summed E-state index contributed by atoms with van der Waals surface area (Å²) in [6, 6.07) is 0. The Morgan fingerprint density at radius 1 is 0.306 bits per heavy atom. The highest BCUT2D eigenvalue weighted by Crippen LogP contribution is 2.25. The fraction of sp³-hybridized carbons (Fsp3) is 0.972. The molecule has 0 heterocycles. The molecule has 0 aliphatic rings. The minimum absolute atomic E-state index is 1.02. The second-order valence-electron chi connectivity index (χ2n) is 12.3. The molecule has 1 atom stereocenters. The van der Waals surface area contributed by atoms with Gasteiger partial charge < -0.3 is 0 Å². The van der Waals surface area contributed by atoms with E-state index in [2.05, 4.69) is 20.8 Å². The molecule has 0 bridgehead atoms. The van der Waals surface area contributed by atoms with E-state index in [0.717, 1.165) is 12.3 Å². The van der Waals surface area contributed by atoms with Crippen LogP contribution in [0.3, 0.4) is 0 Å². The maximum absolute atomic E-state index is 4.03. The Hall–Kier alpha value is 0. The van der Waals surface area contributed by atoms with Crippen molar-refractivity contribution in [1.82, 2.24) is 0 Å². The van der Waals surface area contributed by atoms with Crippen LogP contribution in [0.2, 0.25) is 0 Å². The van der Waals surface area contributed by atoms with Gasteiger partial charge in [0.15, 0.2) is 0 Å². The second kappa shape index (κ2) is 33.0. The number of hydrogen-bond acceptors (Lipinski definition) is 0. The van der Waals surface area contributed by atoms with Gasteiger partial charge in [0, 0.05) is 0 Å². The first-order valence-corrected chi connectivity index (χ1v) is 17.6. The summed E-state index contributed by atoms with van der Waals surface area (Å²) in [7, 11) is 0. The molecular formula is C36H73. The van der Waals surface area contributed by atoms with Crippen molar-refractivity contribution in [2.75, 3.05) is 0 Å². The summed E-state index contributed by atoms with van der Waals surface area (Å²) in [6.45, 7) is 8.65. The molecule has 0 N–H and O–H groups in total. The third kappa shape index (κ3) is 30.2. The highest BCUT2D eigenvalue weighted by atomic mass is 14.1. The van der Waals surface area contributed by atoms with Gasteiger partial charge >= 0.3 is 0 Å². The van der Waals surface area contributed by atoms with E-state index in [-0.39, 0.29) is 0 Å². The topological polar surface area (TPSA) is 0 Å². The smallest absolute Gasteiger partial charge is 0.0414 e. The van der Waals surface area contributed by atoms with Crippen molar-refractivity contribution in [2.24, 2.45) is 5.92 Å². The molecule has 0 aliphatic carbocycles. The highest BCUT2D eigenvalue weighted by Gasteiger charge is 2.08. The minimum atomic E-state index is 1.02. The summed E-state index contributed by atoms with van der Waals surface area (Å²) in [5.41, 5.74) is 0. The van der Waals surface area contributed by atoms with E-state index in [0.29, 0.717) is 0 Å². The molecule has 0 spiro atoms. The fourth-order valence-corrected chi connectivity index (χ4v) is 5.94. The van der Waals surface area contributed by atoms with Crippen LogP contribution in [0.15, 0.2) is 0 Å². The molecule has 36 heavy (non-hydrogen) atoms. The van der Waals surface area contributed by atoms with E-state index in [4.69, 9.17) is 0 Å². The molecule has 0 amide bonds. The number of rotatable bonds is 32. The largest absolute Gasteiger partial charge is 0.0654 e. The van der Waals surface area contributed by atoms with Gasteiger partial charge in [-0.1, -0.05) is 226 Å². The molecule has 217 valence electrons. The van der Waals surface area contributed by atoms with E-state index in [1.165, 1.54) is 199 Å². The summed E-state index contributed by atoms with van der Waals surface area (Å²) in [6.07, 6.45) is 46.7. The van der Waals surface area contributed by atoms with Crippen molar-refractivity contribution < 1.29 is 0 Å². The molecule has 0 aromatic heterocycles. The second-order valence-corrected chi connectivity index (χ2v) is 12.3. The van der Waals surface area contributed by atoms with Gasteiger partial charge in [0.25, 0.3) is 0 Å². The standard InChI is InChI=1S/C36H73/c1-4-7-10-13-15-17-19-20-21-23-25-27-29-32-35-36(33-30-12-9-6-3)34-31-28-26-24-22-18-16-14-11-8-5-2/h36H,3-35H2,1-2H3. The molecule has 0 fully saturated rings. The Balaban J connectivity index is 3.64. The van der Waals surface area contributed by atoms with Crippen LogP contribution >= 0.6 is 0 Å². The van der Waals surface area contributed by atoms with Crippen LogP contribution in [0.25, 0.3) is 0 Å². The zero-order chi connectivity index (χ0) is 26.2. The molecule has 1 radical (unpaired) electrons. The highest BCUT2D eigenvalue weighted by molar-refractivity contribution is 4.62. The zero-order valence-electron chi connectivity index (χ0n) is 25.9. The third-order valence-corrected chi connectivity index (χ3v) is 8.54. The Morgan fingerprint density at radius 2 is 0.528 bits per heavy atom. The summed E-state index contributed by atoms with van der Waals surface area (Å²) < 4.78 is 0. The van der Waals surface area contributed by atoms with Gasteiger partial charge in [-0.25, -0.2) is 0 Å². The lowest BCUT2D eigenvalue weighted by Crippen LogP contribution is -2.01. The van der Waals surface area contributed by atoms with Crippen LogP contribution in [0, 0.1) is 12.8 Å². The molecule has 0 nitrogen and oxygen atoms in total.